The first-order chi connectivity index (χ1) is 14.8. The Morgan fingerprint density at radius 1 is 1.10 bits per heavy atom. The number of likely N-dealkylation sites (tertiary alicyclic amines) is 1. The van der Waals surface area contributed by atoms with E-state index in [1.165, 1.54) is 0 Å². The number of nitrogens with zero attached hydrogens (tertiary/aromatic N) is 1. The number of benzene rings is 2. The molecule has 1 fully saturated rings. The summed E-state index contributed by atoms with van der Waals surface area (Å²) in [6.45, 7) is 2.43. The van der Waals surface area contributed by atoms with Crippen LogP contribution in [0.4, 0.5) is 0 Å². The molecule has 0 saturated carbocycles. The van der Waals surface area contributed by atoms with Gasteiger partial charge in [0.15, 0.2) is 6.61 Å². The number of hydrazine groups is 1. The molecule has 31 heavy (non-hydrogen) atoms. The lowest BCUT2D eigenvalue weighted by molar-refractivity contribution is -0.132. The minimum absolute atomic E-state index is 0.148. The first kappa shape index (κ1) is 22.9. The van der Waals surface area contributed by atoms with Crippen molar-refractivity contribution in [2.45, 2.75) is 19.8 Å². The molecule has 1 aliphatic rings. The summed E-state index contributed by atoms with van der Waals surface area (Å²) in [7, 11) is 0. The molecule has 0 aliphatic carbocycles. The number of carbonyl (C=O) groups is 3. The lowest BCUT2D eigenvalue weighted by atomic mass is 9.96. The summed E-state index contributed by atoms with van der Waals surface area (Å²) in [5.41, 5.74) is 6.13. The average molecular weight is 464 g/mol. The monoisotopic (exact) mass is 463 g/mol. The molecule has 0 bridgehead atoms. The molecule has 1 aliphatic heterocycles. The molecular weight excluding hydrogens is 441 g/mol. The van der Waals surface area contributed by atoms with E-state index in [1.807, 2.05) is 6.92 Å². The number of amides is 3. The van der Waals surface area contributed by atoms with Gasteiger partial charge in [0.2, 0.25) is 5.91 Å². The number of aryl methyl sites for hydroxylation is 1. The van der Waals surface area contributed by atoms with Crippen molar-refractivity contribution >= 4 is 40.9 Å². The number of hydrogen-bond acceptors (Lipinski definition) is 4. The molecule has 1 atom stereocenters. The first-order valence-corrected chi connectivity index (χ1v) is 10.6. The van der Waals surface area contributed by atoms with E-state index in [4.69, 9.17) is 27.9 Å². The molecule has 1 saturated heterocycles. The Morgan fingerprint density at radius 3 is 2.55 bits per heavy atom. The van der Waals surface area contributed by atoms with Crippen molar-refractivity contribution in [3.8, 4) is 5.75 Å². The van der Waals surface area contributed by atoms with Gasteiger partial charge in [0.05, 0.1) is 5.92 Å². The number of piperidine rings is 1. The summed E-state index contributed by atoms with van der Waals surface area (Å²) < 4.78 is 5.40. The fourth-order valence-electron chi connectivity index (χ4n) is 3.28. The fraction of sp³-hybridized carbons (Fsp3) is 0.318. The van der Waals surface area contributed by atoms with Gasteiger partial charge >= 0.3 is 0 Å². The number of ether oxygens (including phenoxy) is 1. The standard InChI is InChI=1S/C22H23Cl2N3O4/c1-14-11-18(8-9-19(14)24)31-13-20(28)25-26-21(29)16-3-2-10-27(12-16)22(30)15-4-6-17(23)7-5-15/h4-9,11,16H,2-3,10,12-13H2,1H3,(H,25,28)(H,26,29). The molecule has 0 spiro atoms. The average Bonchev–Trinajstić information content (AvgIpc) is 2.78. The predicted molar refractivity (Wildman–Crippen MR) is 118 cm³/mol. The second-order valence-corrected chi connectivity index (χ2v) is 8.18. The summed E-state index contributed by atoms with van der Waals surface area (Å²) in [6, 6.07) is 11.7. The van der Waals surface area contributed by atoms with Crippen LogP contribution in [0.5, 0.6) is 5.75 Å². The minimum atomic E-state index is -0.495. The van der Waals surface area contributed by atoms with Crippen molar-refractivity contribution < 1.29 is 19.1 Å². The van der Waals surface area contributed by atoms with Gasteiger partial charge in [0.1, 0.15) is 5.75 Å². The van der Waals surface area contributed by atoms with Gasteiger partial charge in [-0.15, -0.1) is 0 Å². The van der Waals surface area contributed by atoms with Crippen molar-refractivity contribution in [1.82, 2.24) is 15.8 Å². The maximum atomic E-state index is 12.7. The van der Waals surface area contributed by atoms with Crippen molar-refractivity contribution in [3.05, 3.63) is 63.6 Å². The zero-order valence-electron chi connectivity index (χ0n) is 17.0. The molecule has 2 N–H and O–H groups in total. The highest BCUT2D eigenvalue weighted by Gasteiger charge is 2.29. The van der Waals surface area contributed by atoms with Crippen molar-refractivity contribution in [2.75, 3.05) is 19.7 Å². The SMILES string of the molecule is Cc1cc(OCC(=O)NNC(=O)C2CCCN(C(=O)c3ccc(Cl)cc3)C2)ccc1Cl. The number of rotatable bonds is 5. The van der Waals surface area contributed by atoms with Crippen LogP contribution in [0.15, 0.2) is 42.5 Å². The lowest BCUT2D eigenvalue weighted by Crippen LogP contribution is -2.50. The van der Waals surface area contributed by atoms with E-state index in [0.29, 0.717) is 40.7 Å². The number of carbonyl (C=O) groups excluding carboxylic acids is 3. The minimum Gasteiger partial charge on any atom is -0.484 e. The van der Waals surface area contributed by atoms with Gasteiger partial charge in [-0.3, -0.25) is 25.2 Å². The molecule has 3 amide bonds. The normalized spacial score (nSPS) is 15.8. The molecule has 2 aromatic rings. The number of halogens is 2. The lowest BCUT2D eigenvalue weighted by Gasteiger charge is -2.32. The van der Waals surface area contributed by atoms with Crippen LogP contribution in [0, 0.1) is 12.8 Å². The third kappa shape index (κ3) is 6.35. The van der Waals surface area contributed by atoms with Gasteiger partial charge in [-0.05, 0) is 67.8 Å². The summed E-state index contributed by atoms with van der Waals surface area (Å²) >= 11 is 11.8. The molecule has 0 aromatic heterocycles. The Bertz CT molecular complexity index is 966. The second-order valence-electron chi connectivity index (χ2n) is 7.33. The highest BCUT2D eigenvalue weighted by atomic mass is 35.5. The summed E-state index contributed by atoms with van der Waals surface area (Å²) in [5.74, 6) is -0.892. The Balaban J connectivity index is 1.46. The van der Waals surface area contributed by atoms with Crippen LogP contribution in [0.3, 0.4) is 0 Å². The van der Waals surface area contributed by atoms with E-state index in [0.717, 1.165) is 5.56 Å². The van der Waals surface area contributed by atoms with Crippen LogP contribution in [0.25, 0.3) is 0 Å². The molecule has 164 valence electrons. The Labute approximate surface area is 190 Å². The quantitative estimate of drug-likeness (QED) is 0.665. The van der Waals surface area contributed by atoms with Crippen molar-refractivity contribution in [3.63, 3.8) is 0 Å². The van der Waals surface area contributed by atoms with E-state index >= 15 is 0 Å². The van der Waals surface area contributed by atoms with Gasteiger partial charge < -0.3 is 9.64 Å². The van der Waals surface area contributed by atoms with Gasteiger partial charge in [-0.1, -0.05) is 23.2 Å². The number of nitrogens with one attached hydrogen (secondary N) is 2. The number of hydrogen-bond donors (Lipinski definition) is 2. The van der Waals surface area contributed by atoms with Crippen molar-refractivity contribution in [1.29, 1.82) is 0 Å². The van der Waals surface area contributed by atoms with Gasteiger partial charge in [-0.25, -0.2) is 0 Å². The first-order valence-electron chi connectivity index (χ1n) is 9.86. The highest BCUT2D eigenvalue weighted by molar-refractivity contribution is 6.31. The van der Waals surface area contributed by atoms with Crippen LogP contribution in [-0.4, -0.2) is 42.3 Å². The maximum absolute atomic E-state index is 12.7. The van der Waals surface area contributed by atoms with Gasteiger partial charge in [-0.2, -0.15) is 0 Å². The highest BCUT2D eigenvalue weighted by Crippen LogP contribution is 2.21. The maximum Gasteiger partial charge on any atom is 0.276 e. The van der Waals surface area contributed by atoms with Gasteiger partial charge in [0, 0.05) is 28.7 Å². The van der Waals surface area contributed by atoms with Crippen molar-refractivity contribution in [2.24, 2.45) is 5.92 Å². The van der Waals surface area contributed by atoms with Gasteiger partial charge in [0.25, 0.3) is 11.8 Å². The third-order valence-corrected chi connectivity index (χ3v) is 5.67. The summed E-state index contributed by atoms with van der Waals surface area (Å²) in [6.07, 6.45) is 1.33. The summed E-state index contributed by atoms with van der Waals surface area (Å²) in [5, 5.41) is 1.17. The topological polar surface area (TPSA) is 87.7 Å². The predicted octanol–water partition coefficient (Wildman–Crippen LogP) is 3.38. The van der Waals surface area contributed by atoms with Crippen LogP contribution in [0.1, 0.15) is 28.8 Å². The van der Waals surface area contributed by atoms with E-state index in [1.54, 1.807) is 47.4 Å². The third-order valence-electron chi connectivity index (χ3n) is 5.00. The molecule has 2 aromatic carbocycles. The van der Waals surface area contributed by atoms with Crippen LogP contribution in [0.2, 0.25) is 10.0 Å². The van der Waals surface area contributed by atoms with E-state index < -0.39 is 11.8 Å². The Morgan fingerprint density at radius 2 is 1.84 bits per heavy atom. The molecule has 3 rings (SSSR count). The van der Waals surface area contributed by atoms with Crippen LogP contribution >= 0.6 is 23.2 Å². The van der Waals surface area contributed by atoms with E-state index in [-0.39, 0.29) is 25.0 Å². The van der Waals surface area contributed by atoms with E-state index in [2.05, 4.69) is 10.9 Å². The fourth-order valence-corrected chi connectivity index (χ4v) is 3.52. The van der Waals surface area contributed by atoms with Crippen LogP contribution < -0.4 is 15.6 Å². The summed E-state index contributed by atoms with van der Waals surface area (Å²) in [4.78, 5) is 38.8. The molecular formula is C22H23Cl2N3O4. The second kappa shape index (κ2) is 10.5. The molecule has 7 nitrogen and oxygen atoms in total. The molecule has 9 heteroatoms. The zero-order valence-corrected chi connectivity index (χ0v) is 18.5. The molecule has 1 heterocycles. The Kier molecular flexibility index (Phi) is 7.76. The smallest absolute Gasteiger partial charge is 0.276 e. The Hall–Kier alpha value is -2.77. The molecule has 1 unspecified atom stereocenters. The molecule has 0 radical (unpaired) electrons. The zero-order chi connectivity index (χ0) is 22.4. The largest absolute Gasteiger partial charge is 0.484 e. The van der Waals surface area contributed by atoms with E-state index in [9.17, 15) is 14.4 Å². The van der Waals surface area contributed by atoms with Crippen LogP contribution in [-0.2, 0) is 9.59 Å².